The number of aliphatic carboxylic acids is 1. The number of rotatable bonds is 11. The van der Waals surface area contributed by atoms with Gasteiger partial charge in [-0.1, -0.05) is 13.8 Å². The first-order valence-electron chi connectivity index (χ1n) is 10.8. The summed E-state index contributed by atoms with van der Waals surface area (Å²) in [5.41, 5.74) is -0.723. The number of aromatic nitrogens is 1. The van der Waals surface area contributed by atoms with Gasteiger partial charge in [0, 0.05) is 32.8 Å². The summed E-state index contributed by atoms with van der Waals surface area (Å²) >= 11 is 0. The van der Waals surface area contributed by atoms with Crippen LogP contribution in [0.2, 0.25) is 0 Å². The molecule has 1 rings (SSSR count). The average molecular weight is 468 g/mol. The number of pyridine rings is 1. The van der Waals surface area contributed by atoms with Crippen molar-refractivity contribution in [2.45, 2.75) is 65.1 Å². The molecule has 1 aromatic rings. The zero-order chi connectivity index (χ0) is 25.3. The molecule has 0 fully saturated rings. The van der Waals surface area contributed by atoms with Crippen LogP contribution in [0.3, 0.4) is 0 Å². The Kier molecular flexibility index (Phi) is 10.4. The molecular weight excluding hydrogens is 430 g/mol. The van der Waals surface area contributed by atoms with Gasteiger partial charge in [-0.3, -0.25) is 9.69 Å². The van der Waals surface area contributed by atoms with E-state index < -0.39 is 35.7 Å². The van der Waals surface area contributed by atoms with E-state index in [0.29, 0.717) is 18.1 Å². The van der Waals surface area contributed by atoms with Gasteiger partial charge in [0.2, 0.25) is 11.8 Å². The summed E-state index contributed by atoms with van der Waals surface area (Å²) < 4.78 is 16.1. The molecular formula is C23H37N3O7. The van der Waals surface area contributed by atoms with Gasteiger partial charge >= 0.3 is 12.1 Å². The average Bonchev–Trinajstić information content (AvgIpc) is 2.72. The van der Waals surface area contributed by atoms with Gasteiger partial charge in [-0.05, 0) is 39.2 Å². The lowest BCUT2D eigenvalue weighted by Crippen LogP contribution is -2.54. The molecule has 10 nitrogen and oxygen atoms in total. The number of carboxylic acids is 1. The van der Waals surface area contributed by atoms with E-state index in [9.17, 15) is 19.5 Å². The third-order valence-electron chi connectivity index (χ3n) is 4.80. The van der Waals surface area contributed by atoms with E-state index in [1.165, 1.54) is 32.3 Å². The number of carboxylic acid groups (broad SMARTS) is 1. The maximum absolute atomic E-state index is 13.3. The molecule has 10 heteroatoms. The Labute approximate surface area is 195 Å². The third-order valence-corrected chi connectivity index (χ3v) is 4.80. The zero-order valence-electron chi connectivity index (χ0n) is 20.8. The highest BCUT2D eigenvalue weighted by Crippen LogP contribution is 2.20. The van der Waals surface area contributed by atoms with E-state index in [-0.39, 0.29) is 18.9 Å². The van der Waals surface area contributed by atoms with E-state index in [1.54, 1.807) is 32.9 Å². The fourth-order valence-electron chi connectivity index (χ4n) is 3.08. The molecule has 0 saturated carbocycles. The van der Waals surface area contributed by atoms with Crippen molar-refractivity contribution in [3.63, 3.8) is 0 Å². The topological polar surface area (TPSA) is 118 Å². The van der Waals surface area contributed by atoms with E-state index in [1.807, 2.05) is 13.8 Å². The minimum absolute atomic E-state index is 0.0484. The molecule has 1 aromatic heterocycles. The SMILES string of the molecule is COc1cc(OCCC(C(=O)O)N(C)C(=O)C(CC(C)C)N(C)C(=O)OC(C)(C)C)ccn1. The number of carbonyl (C=O) groups excluding carboxylic acids is 2. The fourth-order valence-corrected chi connectivity index (χ4v) is 3.08. The summed E-state index contributed by atoms with van der Waals surface area (Å²) in [4.78, 5) is 44.2. The Morgan fingerprint density at radius 3 is 2.27 bits per heavy atom. The van der Waals surface area contributed by atoms with Gasteiger partial charge in [-0.2, -0.15) is 0 Å². The standard InChI is InChI=1S/C23H37N3O7/c1-15(2)13-18(26(7)22(30)33-23(3,4)5)20(27)25(6)17(21(28)29)10-12-32-16-9-11-24-19(14-16)31-8/h9,11,14-15,17-18H,10,12-13H2,1-8H3,(H,28,29). The molecule has 186 valence electrons. The van der Waals surface area contributed by atoms with Crippen LogP contribution in [-0.4, -0.2) is 83.4 Å². The predicted molar refractivity (Wildman–Crippen MR) is 122 cm³/mol. The molecule has 0 aliphatic heterocycles. The molecule has 0 aliphatic carbocycles. The minimum Gasteiger partial charge on any atom is -0.493 e. The Bertz CT molecular complexity index is 807. The highest BCUT2D eigenvalue weighted by molar-refractivity contribution is 5.89. The molecule has 0 saturated heterocycles. The van der Waals surface area contributed by atoms with Gasteiger partial charge in [-0.25, -0.2) is 14.6 Å². The maximum atomic E-state index is 13.3. The van der Waals surface area contributed by atoms with Gasteiger partial charge in [0.05, 0.1) is 13.7 Å². The molecule has 0 aromatic carbocycles. The van der Waals surface area contributed by atoms with Crippen molar-refractivity contribution >= 4 is 18.0 Å². The van der Waals surface area contributed by atoms with Crippen LogP contribution in [0.15, 0.2) is 18.3 Å². The van der Waals surface area contributed by atoms with Crippen molar-refractivity contribution < 1.29 is 33.7 Å². The summed E-state index contributed by atoms with van der Waals surface area (Å²) in [5, 5.41) is 9.75. The summed E-state index contributed by atoms with van der Waals surface area (Å²) in [6.07, 6.45) is 1.28. The molecule has 2 amide bonds. The predicted octanol–water partition coefficient (Wildman–Crippen LogP) is 3.05. The molecule has 1 N–H and O–H groups in total. The third kappa shape index (κ3) is 9.15. The normalized spacial score (nSPS) is 13.1. The smallest absolute Gasteiger partial charge is 0.410 e. The van der Waals surface area contributed by atoms with Gasteiger partial charge in [0.1, 0.15) is 23.4 Å². The van der Waals surface area contributed by atoms with Crippen molar-refractivity contribution in [2.24, 2.45) is 5.92 Å². The number of likely N-dealkylation sites (N-methyl/N-ethyl adjacent to an activating group) is 2. The summed E-state index contributed by atoms with van der Waals surface area (Å²) in [6.45, 7) is 9.12. The van der Waals surface area contributed by atoms with Crippen LogP contribution in [0.5, 0.6) is 11.6 Å². The number of carbonyl (C=O) groups is 3. The molecule has 2 atom stereocenters. The van der Waals surface area contributed by atoms with Gasteiger partial charge in [0.15, 0.2) is 0 Å². The summed E-state index contributed by atoms with van der Waals surface area (Å²) in [6, 6.07) is 1.21. The Balaban J connectivity index is 2.94. The maximum Gasteiger partial charge on any atom is 0.410 e. The van der Waals surface area contributed by atoms with Crippen LogP contribution < -0.4 is 9.47 Å². The lowest BCUT2D eigenvalue weighted by atomic mass is 10.0. The van der Waals surface area contributed by atoms with E-state index in [2.05, 4.69) is 4.98 Å². The first kappa shape index (κ1) is 28.0. The molecule has 0 aliphatic rings. The van der Waals surface area contributed by atoms with Crippen LogP contribution >= 0.6 is 0 Å². The molecule has 0 radical (unpaired) electrons. The van der Waals surface area contributed by atoms with Crippen molar-refractivity contribution in [1.82, 2.24) is 14.8 Å². The lowest BCUT2D eigenvalue weighted by molar-refractivity contribution is -0.151. The van der Waals surface area contributed by atoms with Crippen molar-refractivity contribution in [1.29, 1.82) is 0 Å². The number of ether oxygens (including phenoxy) is 3. The Morgan fingerprint density at radius 2 is 1.76 bits per heavy atom. The van der Waals surface area contributed by atoms with Crippen molar-refractivity contribution in [3.8, 4) is 11.6 Å². The first-order chi connectivity index (χ1) is 15.3. The van der Waals surface area contributed by atoms with Crippen LogP contribution in [0, 0.1) is 5.92 Å². The van der Waals surface area contributed by atoms with Gasteiger partial charge in [-0.15, -0.1) is 0 Å². The highest BCUT2D eigenvalue weighted by atomic mass is 16.6. The summed E-state index contributed by atoms with van der Waals surface area (Å²) in [5.74, 6) is -0.705. The number of hydrogen-bond donors (Lipinski definition) is 1. The number of methoxy groups -OCH3 is 1. The molecule has 33 heavy (non-hydrogen) atoms. The monoisotopic (exact) mass is 467 g/mol. The lowest BCUT2D eigenvalue weighted by Gasteiger charge is -2.35. The molecule has 1 heterocycles. The number of hydrogen-bond acceptors (Lipinski definition) is 7. The van der Waals surface area contributed by atoms with Crippen LogP contribution in [0.4, 0.5) is 4.79 Å². The van der Waals surface area contributed by atoms with Crippen molar-refractivity contribution in [3.05, 3.63) is 18.3 Å². The van der Waals surface area contributed by atoms with Gasteiger partial charge in [0.25, 0.3) is 0 Å². The first-order valence-corrected chi connectivity index (χ1v) is 10.8. The van der Waals surface area contributed by atoms with Crippen molar-refractivity contribution in [2.75, 3.05) is 27.8 Å². The van der Waals surface area contributed by atoms with Gasteiger partial charge < -0.3 is 24.2 Å². The van der Waals surface area contributed by atoms with E-state index in [4.69, 9.17) is 14.2 Å². The Hall–Kier alpha value is -3.04. The molecule has 2 unspecified atom stereocenters. The second-order valence-electron chi connectivity index (χ2n) is 9.21. The molecule has 0 bridgehead atoms. The van der Waals surface area contributed by atoms with Crippen LogP contribution in [-0.2, 0) is 14.3 Å². The van der Waals surface area contributed by atoms with E-state index >= 15 is 0 Å². The highest BCUT2D eigenvalue weighted by Gasteiger charge is 2.36. The largest absolute Gasteiger partial charge is 0.493 e. The summed E-state index contributed by atoms with van der Waals surface area (Å²) in [7, 11) is 4.39. The minimum atomic E-state index is -1.16. The Morgan fingerprint density at radius 1 is 1.12 bits per heavy atom. The van der Waals surface area contributed by atoms with E-state index in [0.717, 1.165) is 4.90 Å². The second-order valence-corrected chi connectivity index (χ2v) is 9.21. The van der Waals surface area contributed by atoms with Crippen LogP contribution in [0.25, 0.3) is 0 Å². The number of nitrogens with zero attached hydrogens (tertiary/aromatic N) is 3. The second kappa shape index (κ2) is 12.3. The van der Waals surface area contributed by atoms with Crippen LogP contribution in [0.1, 0.15) is 47.5 Å². The quantitative estimate of drug-likeness (QED) is 0.527. The fraction of sp³-hybridized carbons (Fsp3) is 0.652. The zero-order valence-corrected chi connectivity index (χ0v) is 20.8. The number of amides is 2. The molecule has 0 spiro atoms.